The Morgan fingerprint density at radius 3 is 1.31 bits per heavy atom. The number of carboxylic acid groups (broad SMARTS) is 1. The van der Waals surface area contributed by atoms with Crippen LogP contribution in [0.3, 0.4) is 0 Å². The van der Waals surface area contributed by atoms with Crippen molar-refractivity contribution in [3.8, 4) is 62.9 Å². The number of fused-ring (bicyclic) bond motifs is 9. The summed E-state index contributed by atoms with van der Waals surface area (Å²) >= 11 is 0. The molecule has 6 N–H and O–H groups in total. The summed E-state index contributed by atoms with van der Waals surface area (Å²) in [7, 11) is 0. The fraction of sp³-hybridized carbons (Fsp3) is 0.384. The number of amides is 3. The number of aliphatic hydroxyl groups excluding tert-OH is 2. The van der Waals surface area contributed by atoms with Gasteiger partial charge in [-0.15, -0.1) is 0 Å². The first-order valence-electron chi connectivity index (χ1n) is 32.5. The van der Waals surface area contributed by atoms with E-state index in [1.807, 2.05) is 131 Å². The number of oxime groups is 1. The van der Waals surface area contributed by atoms with Gasteiger partial charge in [0, 0.05) is 55.6 Å². The number of rotatable bonds is 18. The van der Waals surface area contributed by atoms with Crippen molar-refractivity contribution in [2.24, 2.45) is 28.6 Å². The second kappa shape index (κ2) is 29.2. The van der Waals surface area contributed by atoms with Crippen LogP contribution in [0.15, 0.2) is 142 Å². The molecule has 95 heavy (non-hydrogen) atoms. The number of likely N-dealkylation sites (tertiary alicyclic amines) is 3. The molecule has 3 amide bonds. The van der Waals surface area contributed by atoms with Crippen LogP contribution in [0.4, 0.5) is 0 Å². The second-order valence-electron chi connectivity index (χ2n) is 25.3. The van der Waals surface area contributed by atoms with Crippen LogP contribution in [0, 0.1) is 17.8 Å². The molecule has 6 unspecified atom stereocenters. The maximum atomic E-state index is 12.4. The number of hydrogen-bond acceptors (Lipinski definition) is 17. The van der Waals surface area contributed by atoms with Gasteiger partial charge >= 0.3 is 5.97 Å². The minimum Gasteiger partial charge on any atom is -0.490 e. The molecule has 3 aliphatic heterocycles. The van der Waals surface area contributed by atoms with E-state index in [0.29, 0.717) is 78.9 Å². The molecule has 8 aromatic rings. The van der Waals surface area contributed by atoms with E-state index in [1.165, 1.54) is 11.6 Å². The first kappa shape index (κ1) is 66.5. The Morgan fingerprint density at radius 2 is 0.884 bits per heavy atom. The van der Waals surface area contributed by atoms with Crippen molar-refractivity contribution in [2.45, 2.75) is 130 Å². The minimum atomic E-state index is -0.962. The van der Waals surface area contributed by atoms with Gasteiger partial charge in [-0.05, 0) is 155 Å². The molecule has 496 valence electrons. The smallest absolute Gasteiger partial charge is 0.339 e. The Morgan fingerprint density at radius 1 is 0.516 bits per heavy atom. The van der Waals surface area contributed by atoms with Gasteiger partial charge in [0.2, 0.25) is 29.4 Å². The van der Waals surface area contributed by atoms with E-state index in [9.17, 15) is 29.4 Å². The van der Waals surface area contributed by atoms with Gasteiger partial charge in [-0.2, -0.15) is 9.97 Å². The second-order valence-corrected chi connectivity index (χ2v) is 25.3. The van der Waals surface area contributed by atoms with E-state index in [-0.39, 0.29) is 90.6 Å². The summed E-state index contributed by atoms with van der Waals surface area (Å²) in [6, 6.07) is 40.0. The fourth-order valence-electron chi connectivity index (χ4n) is 14.4. The number of benzene rings is 6. The number of nitrogens with two attached hydrogens (primary N) is 1. The van der Waals surface area contributed by atoms with Crippen LogP contribution >= 0.6 is 0 Å². The molecular weight excluding hydrogens is 1210 g/mol. The van der Waals surface area contributed by atoms with Crippen molar-refractivity contribution in [2.75, 3.05) is 32.8 Å². The molecule has 6 aliphatic rings. The molecular formula is C73H81N9O13. The third-order valence-corrected chi connectivity index (χ3v) is 17.9. The van der Waals surface area contributed by atoms with Crippen molar-refractivity contribution >= 4 is 29.5 Å². The van der Waals surface area contributed by atoms with Gasteiger partial charge in [0.25, 0.3) is 11.8 Å². The fourth-order valence-corrected chi connectivity index (χ4v) is 14.4. The summed E-state index contributed by atoms with van der Waals surface area (Å²) in [5.41, 5.74) is 17.0. The lowest BCUT2D eigenvalue weighted by atomic mass is 10.0. The average molecular weight is 1290 g/mol. The summed E-state index contributed by atoms with van der Waals surface area (Å²) in [6.07, 6.45) is 5.06. The van der Waals surface area contributed by atoms with E-state index in [1.54, 1.807) is 28.0 Å². The Hall–Kier alpha value is -9.93. The number of aliphatic hydroxyl groups is 2. The van der Waals surface area contributed by atoms with Crippen LogP contribution < -0.4 is 19.9 Å². The number of β-amino-alcohol motifs (C(OH)–C–C–N with tert-alkyl or cyclic N) is 2. The number of aromatic nitrogens is 4. The van der Waals surface area contributed by atoms with Crippen LogP contribution in [0.1, 0.15) is 142 Å². The largest absolute Gasteiger partial charge is 0.490 e. The highest BCUT2D eigenvalue weighted by Gasteiger charge is 2.49. The average Bonchev–Trinajstić information content (AvgIpc) is 1.61. The molecule has 6 aromatic carbocycles. The van der Waals surface area contributed by atoms with Crippen molar-refractivity contribution in [1.82, 2.24) is 35.0 Å². The van der Waals surface area contributed by atoms with Crippen LogP contribution in [0.25, 0.3) is 45.7 Å². The number of ether oxygens (including phenoxy) is 3. The van der Waals surface area contributed by atoms with Crippen molar-refractivity contribution in [1.29, 1.82) is 0 Å². The number of hydrogen-bond donors (Lipinski definition) is 5. The Labute approximate surface area is 551 Å². The lowest BCUT2D eigenvalue weighted by Gasteiger charge is -2.24. The molecule has 0 spiro atoms. The quantitative estimate of drug-likeness (QED) is 0.0231. The summed E-state index contributed by atoms with van der Waals surface area (Å²) in [6.45, 7) is 15.2. The van der Waals surface area contributed by atoms with E-state index in [4.69, 9.17) is 39.3 Å². The number of carboxylic acids is 1. The molecule has 5 heterocycles. The number of carbonyl (C=O) groups excluding carboxylic acids is 3. The van der Waals surface area contributed by atoms with E-state index in [0.717, 1.165) is 87.9 Å². The SMILES string of the molecule is CC(C)Oc1ccccc1-c1nc(-c2cccc3c2CC2CC(=O)N(CCO)C32)no1.CC(C)Oc1ccccc1-c1nc(-c2cccc3c2CC2CC(=O)N(CCO)C32)no1.CC(C)Oc1ccccc1C(=O)O.CCCN1C(=O)CC2Cc3c(/C(N)=N/O)cccc3C21. The van der Waals surface area contributed by atoms with E-state index < -0.39 is 5.97 Å². The number of para-hydroxylation sites is 3. The lowest BCUT2D eigenvalue weighted by molar-refractivity contribution is -0.130. The van der Waals surface area contributed by atoms with Gasteiger partial charge in [0.15, 0.2) is 5.84 Å². The van der Waals surface area contributed by atoms with Crippen molar-refractivity contribution < 1.29 is 63.0 Å². The molecule has 3 aliphatic carbocycles. The van der Waals surface area contributed by atoms with Crippen LogP contribution in [-0.2, 0) is 33.6 Å². The van der Waals surface area contributed by atoms with E-state index in [2.05, 4.69) is 50.6 Å². The molecule has 3 saturated heterocycles. The Balaban J connectivity index is 0.000000135. The van der Waals surface area contributed by atoms with Crippen LogP contribution in [0.5, 0.6) is 17.2 Å². The van der Waals surface area contributed by atoms with Crippen molar-refractivity contribution in [3.05, 3.63) is 172 Å². The lowest BCUT2D eigenvalue weighted by Crippen LogP contribution is -2.30. The summed E-state index contributed by atoms with van der Waals surface area (Å²) in [4.78, 5) is 62.5. The summed E-state index contributed by atoms with van der Waals surface area (Å²) in [5, 5.41) is 48.1. The number of amidine groups is 1. The minimum absolute atomic E-state index is 0.0134. The zero-order valence-corrected chi connectivity index (χ0v) is 54.4. The van der Waals surface area contributed by atoms with Gasteiger partial charge in [-0.3, -0.25) is 14.4 Å². The number of nitrogens with zero attached hydrogens (tertiary/aromatic N) is 8. The first-order valence-corrected chi connectivity index (χ1v) is 32.5. The molecule has 22 heteroatoms. The third-order valence-electron chi connectivity index (χ3n) is 17.9. The molecule has 0 saturated carbocycles. The molecule has 6 atom stereocenters. The van der Waals surface area contributed by atoms with Gasteiger partial charge in [0.05, 0.1) is 60.8 Å². The zero-order chi connectivity index (χ0) is 67.2. The molecule has 0 radical (unpaired) electrons. The summed E-state index contributed by atoms with van der Waals surface area (Å²) < 4.78 is 28.4. The van der Waals surface area contributed by atoms with E-state index >= 15 is 0 Å². The Bertz CT molecular complexity index is 3950. The molecule has 14 rings (SSSR count). The highest BCUT2D eigenvalue weighted by Crippen LogP contribution is 2.52. The summed E-state index contributed by atoms with van der Waals surface area (Å²) in [5.74, 6) is 4.18. The number of carbonyl (C=O) groups is 4. The normalized spacial score (nSPS) is 19.5. The third kappa shape index (κ3) is 13.9. The van der Waals surface area contributed by atoms with Crippen molar-refractivity contribution in [3.63, 3.8) is 0 Å². The predicted octanol–water partition coefficient (Wildman–Crippen LogP) is 11.1. The van der Waals surface area contributed by atoms with Gasteiger partial charge < -0.3 is 64.2 Å². The monoisotopic (exact) mass is 1290 g/mol. The van der Waals surface area contributed by atoms with Crippen LogP contribution in [0.2, 0.25) is 0 Å². The van der Waals surface area contributed by atoms with Crippen LogP contribution in [-0.4, -0.2) is 136 Å². The zero-order valence-electron chi connectivity index (χ0n) is 54.4. The number of aromatic carboxylic acids is 1. The standard InChI is InChI=1S/2C24H25N3O4.C15H19N3O2.C10H12O3/c2*1-14(2)30-20-9-4-3-6-18(20)24-25-23(26-31-24)17-8-5-7-16-19(17)12-15-13-21(29)27(10-11-28)22(15)16;1-2-6-18-13(19)8-9-7-12-10(14(9)18)4-3-5-11(12)15(16)17-20;1-7(2)13-9-6-4-3-5-8(9)10(11)12/h2*3-9,14-15,22,28H,10-13H2,1-2H3;3-5,9,14,20H,2,6-8H2,1H3,(H2,16,17);3-7H,1-2H3,(H,11,12). The topological polar surface area (TPSA) is 303 Å². The molecule has 2 aromatic heterocycles. The van der Waals surface area contributed by atoms with Gasteiger partial charge in [-0.25, -0.2) is 4.79 Å². The molecule has 3 fully saturated rings. The molecule has 0 bridgehead atoms. The Kier molecular flexibility index (Phi) is 20.4. The highest BCUT2D eigenvalue weighted by molar-refractivity contribution is 5.99. The highest BCUT2D eigenvalue weighted by atomic mass is 16.5. The first-order chi connectivity index (χ1) is 45.9. The maximum Gasteiger partial charge on any atom is 0.339 e. The molecule has 22 nitrogen and oxygen atoms in total. The van der Waals surface area contributed by atoms with Gasteiger partial charge in [-0.1, -0.05) is 113 Å². The van der Waals surface area contributed by atoms with Gasteiger partial charge in [0.1, 0.15) is 22.8 Å². The maximum absolute atomic E-state index is 12.4. The predicted molar refractivity (Wildman–Crippen MR) is 353 cm³/mol.